The van der Waals surface area contributed by atoms with E-state index in [1.54, 1.807) is 12.2 Å². The summed E-state index contributed by atoms with van der Waals surface area (Å²) in [6.07, 6.45) is 7.26. The number of aliphatic hydroxyl groups is 1. The summed E-state index contributed by atoms with van der Waals surface area (Å²) in [6, 6.07) is 9.30. The Morgan fingerprint density at radius 2 is 2.00 bits per heavy atom. The highest BCUT2D eigenvalue weighted by Gasteiger charge is 2.36. The lowest BCUT2D eigenvalue weighted by molar-refractivity contribution is -0.120. The van der Waals surface area contributed by atoms with Crippen molar-refractivity contribution < 1.29 is 9.90 Å². The fraction of sp³-hybridized carbons (Fsp3) is 0.214. The molecular weight excluding hydrogens is 214 g/mol. The maximum atomic E-state index is 11.0. The highest BCUT2D eigenvalue weighted by atomic mass is 16.3. The van der Waals surface area contributed by atoms with Gasteiger partial charge in [-0.3, -0.25) is 4.79 Å². The zero-order valence-electron chi connectivity index (χ0n) is 9.41. The Morgan fingerprint density at radius 1 is 1.29 bits per heavy atom. The molecule has 1 aliphatic carbocycles. The Morgan fingerprint density at radius 3 is 2.65 bits per heavy atom. The van der Waals surface area contributed by atoms with Gasteiger partial charge in [0.1, 0.15) is 5.60 Å². The standard InChI is InChI=1S/C14H15NO2/c15-13(16)10-12-8-4-5-9-14(12,17)11-6-2-1-3-7-11/h1-9,12,17H,10H2,(H2,15,16). The summed E-state index contributed by atoms with van der Waals surface area (Å²) >= 11 is 0. The van der Waals surface area contributed by atoms with E-state index in [2.05, 4.69) is 0 Å². The monoisotopic (exact) mass is 229 g/mol. The number of allylic oxidation sites excluding steroid dienone is 2. The molecule has 0 heterocycles. The van der Waals surface area contributed by atoms with Gasteiger partial charge in [0, 0.05) is 12.3 Å². The lowest BCUT2D eigenvalue weighted by Gasteiger charge is -2.33. The first-order valence-electron chi connectivity index (χ1n) is 5.55. The van der Waals surface area contributed by atoms with Crippen LogP contribution >= 0.6 is 0 Å². The van der Waals surface area contributed by atoms with Crippen LogP contribution in [-0.4, -0.2) is 11.0 Å². The van der Waals surface area contributed by atoms with Crippen LogP contribution in [0.1, 0.15) is 12.0 Å². The van der Waals surface area contributed by atoms with Crippen LogP contribution in [0.4, 0.5) is 0 Å². The number of primary amides is 1. The molecule has 0 aliphatic heterocycles. The third-order valence-corrected chi connectivity index (χ3v) is 3.03. The first-order chi connectivity index (χ1) is 8.13. The van der Waals surface area contributed by atoms with Crippen molar-refractivity contribution in [3.8, 4) is 0 Å². The van der Waals surface area contributed by atoms with Crippen molar-refractivity contribution in [1.82, 2.24) is 0 Å². The Kier molecular flexibility index (Phi) is 3.11. The quantitative estimate of drug-likeness (QED) is 0.824. The Bertz CT molecular complexity index is 464. The van der Waals surface area contributed by atoms with E-state index in [0.29, 0.717) is 0 Å². The van der Waals surface area contributed by atoms with Crippen LogP contribution in [0, 0.1) is 5.92 Å². The van der Waals surface area contributed by atoms with Crippen LogP contribution in [0.3, 0.4) is 0 Å². The molecule has 0 spiro atoms. The van der Waals surface area contributed by atoms with Gasteiger partial charge in [0.15, 0.2) is 0 Å². The lowest BCUT2D eigenvalue weighted by Crippen LogP contribution is -2.36. The summed E-state index contributed by atoms with van der Waals surface area (Å²) in [5.74, 6) is -0.725. The number of carbonyl (C=O) groups is 1. The van der Waals surface area contributed by atoms with E-state index in [1.807, 2.05) is 42.5 Å². The van der Waals surface area contributed by atoms with Crippen LogP contribution in [0.5, 0.6) is 0 Å². The lowest BCUT2D eigenvalue weighted by atomic mass is 9.77. The maximum absolute atomic E-state index is 11.0. The summed E-state index contributed by atoms with van der Waals surface area (Å²) in [4.78, 5) is 11.0. The van der Waals surface area contributed by atoms with Crippen LogP contribution in [0.2, 0.25) is 0 Å². The molecule has 0 radical (unpaired) electrons. The summed E-state index contributed by atoms with van der Waals surface area (Å²) < 4.78 is 0. The zero-order chi connectivity index (χ0) is 12.3. The van der Waals surface area contributed by atoms with Gasteiger partial charge in [-0.25, -0.2) is 0 Å². The van der Waals surface area contributed by atoms with Crippen molar-refractivity contribution in [1.29, 1.82) is 0 Å². The molecule has 1 aliphatic rings. The number of hydrogen-bond acceptors (Lipinski definition) is 2. The Labute approximate surface area is 100 Å². The summed E-state index contributed by atoms with van der Waals surface area (Å²) in [5, 5.41) is 10.7. The molecule has 2 rings (SSSR count). The number of carbonyl (C=O) groups excluding carboxylic acids is 1. The molecule has 1 aromatic carbocycles. The molecule has 3 heteroatoms. The van der Waals surface area contributed by atoms with Crippen LogP contribution in [0.15, 0.2) is 54.6 Å². The second-order valence-electron chi connectivity index (χ2n) is 4.21. The number of hydrogen-bond donors (Lipinski definition) is 2. The molecule has 0 bridgehead atoms. The van der Waals surface area contributed by atoms with Crippen molar-refractivity contribution in [2.45, 2.75) is 12.0 Å². The molecule has 3 N–H and O–H groups in total. The van der Waals surface area contributed by atoms with E-state index in [0.717, 1.165) is 5.56 Å². The van der Waals surface area contributed by atoms with E-state index in [1.165, 1.54) is 0 Å². The molecule has 2 atom stereocenters. The second kappa shape index (κ2) is 4.55. The van der Waals surface area contributed by atoms with E-state index < -0.39 is 11.5 Å². The number of amides is 1. The van der Waals surface area contributed by atoms with E-state index in [9.17, 15) is 9.90 Å². The number of nitrogens with two attached hydrogens (primary N) is 1. The molecule has 17 heavy (non-hydrogen) atoms. The van der Waals surface area contributed by atoms with E-state index in [-0.39, 0.29) is 12.3 Å². The van der Waals surface area contributed by atoms with Crippen molar-refractivity contribution in [2.24, 2.45) is 11.7 Å². The molecular formula is C14H15NO2. The molecule has 0 saturated carbocycles. The van der Waals surface area contributed by atoms with Crippen LogP contribution in [0.25, 0.3) is 0 Å². The first kappa shape index (κ1) is 11.6. The SMILES string of the molecule is NC(=O)CC1C=CC=CC1(O)c1ccccc1. The number of rotatable bonds is 3. The minimum absolute atomic E-state index is 0.131. The molecule has 0 saturated heterocycles. The average molecular weight is 229 g/mol. The minimum atomic E-state index is -1.15. The molecule has 0 fully saturated rings. The fourth-order valence-corrected chi connectivity index (χ4v) is 2.13. The van der Waals surface area contributed by atoms with Gasteiger partial charge in [0.25, 0.3) is 0 Å². The van der Waals surface area contributed by atoms with E-state index >= 15 is 0 Å². The van der Waals surface area contributed by atoms with Gasteiger partial charge in [0.05, 0.1) is 0 Å². The predicted molar refractivity (Wildman–Crippen MR) is 65.9 cm³/mol. The molecule has 2 unspecified atom stereocenters. The molecule has 1 aromatic rings. The second-order valence-corrected chi connectivity index (χ2v) is 4.21. The average Bonchev–Trinajstić information content (AvgIpc) is 2.33. The Balaban J connectivity index is 2.36. The molecule has 3 nitrogen and oxygen atoms in total. The first-order valence-corrected chi connectivity index (χ1v) is 5.55. The topological polar surface area (TPSA) is 63.3 Å². The summed E-state index contributed by atoms with van der Waals surface area (Å²) in [5.41, 5.74) is 4.84. The van der Waals surface area contributed by atoms with Crippen LogP contribution < -0.4 is 5.73 Å². The third kappa shape index (κ3) is 2.29. The van der Waals surface area contributed by atoms with Gasteiger partial charge < -0.3 is 10.8 Å². The molecule has 0 aromatic heterocycles. The van der Waals surface area contributed by atoms with Crippen molar-refractivity contribution in [2.75, 3.05) is 0 Å². The summed E-state index contributed by atoms with van der Waals surface area (Å²) in [6.45, 7) is 0. The van der Waals surface area contributed by atoms with Gasteiger partial charge in [-0.2, -0.15) is 0 Å². The van der Waals surface area contributed by atoms with Gasteiger partial charge in [-0.1, -0.05) is 48.6 Å². The molecule has 88 valence electrons. The van der Waals surface area contributed by atoms with E-state index in [4.69, 9.17) is 5.73 Å². The van der Waals surface area contributed by atoms with Gasteiger partial charge in [-0.05, 0) is 11.6 Å². The zero-order valence-corrected chi connectivity index (χ0v) is 9.41. The van der Waals surface area contributed by atoms with Gasteiger partial charge in [0.2, 0.25) is 5.91 Å². The maximum Gasteiger partial charge on any atom is 0.218 e. The Hall–Kier alpha value is -1.87. The smallest absolute Gasteiger partial charge is 0.218 e. The van der Waals surface area contributed by atoms with Crippen molar-refractivity contribution in [3.05, 3.63) is 60.2 Å². The van der Waals surface area contributed by atoms with Crippen molar-refractivity contribution >= 4 is 5.91 Å². The fourth-order valence-electron chi connectivity index (χ4n) is 2.13. The summed E-state index contributed by atoms with van der Waals surface area (Å²) in [7, 11) is 0. The van der Waals surface area contributed by atoms with Crippen LogP contribution in [-0.2, 0) is 10.4 Å². The van der Waals surface area contributed by atoms with Crippen molar-refractivity contribution in [3.63, 3.8) is 0 Å². The van der Waals surface area contributed by atoms with Gasteiger partial charge >= 0.3 is 0 Å². The highest BCUT2D eigenvalue weighted by molar-refractivity contribution is 5.74. The minimum Gasteiger partial charge on any atom is -0.380 e. The normalized spacial score (nSPS) is 27.0. The largest absolute Gasteiger partial charge is 0.380 e. The third-order valence-electron chi connectivity index (χ3n) is 3.03. The van der Waals surface area contributed by atoms with Gasteiger partial charge in [-0.15, -0.1) is 0 Å². The highest BCUT2D eigenvalue weighted by Crippen LogP contribution is 2.36. The molecule has 1 amide bonds. The number of benzene rings is 1. The predicted octanol–water partition coefficient (Wildman–Crippen LogP) is 1.49.